The maximum Gasteiger partial charge on any atom is 0.277 e. The topological polar surface area (TPSA) is 50.7 Å². The van der Waals surface area contributed by atoms with Crippen molar-refractivity contribution in [1.82, 2.24) is 5.43 Å². The minimum absolute atomic E-state index is 0.0578. The van der Waals surface area contributed by atoms with Crippen molar-refractivity contribution in [1.29, 1.82) is 0 Å². The number of hydrazone groups is 1. The van der Waals surface area contributed by atoms with Crippen LogP contribution in [0.15, 0.2) is 45.3 Å². The molecule has 1 aliphatic rings. The summed E-state index contributed by atoms with van der Waals surface area (Å²) in [5.74, 6) is 2.81. The highest BCUT2D eigenvalue weighted by molar-refractivity contribution is 9.10. The highest BCUT2D eigenvalue weighted by atomic mass is 79.9. The molecule has 3 rings (SSSR count). The average molecular weight is 443 g/mol. The van der Waals surface area contributed by atoms with Gasteiger partial charge in [-0.2, -0.15) is 5.10 Å². The van der Waals surface area contributed by atoms with Crippen molar-refractivity contribution in [3.05, 3.63) is 50.6 Å². The van der Waals surface area contributed by atoms with Crippen LogP contribution in [-0.4, -0.2) is 30.2 Å². The maximum absolute atomic E-state index is 11.7. The minimum atomic E-state index is -0.284. The number of benzene rings is 1. The summed E-state index contributed by atoms with van der Waals surface area (Å²) in [6.07, 6.45) is 1.61. The molecule has 0 bridgehead atoms. The molecular formula is C16H15BrN2O2S3. The van der Waals surface area contributed by atoms with E-state index >= 15 is 0 Å². The Bertz CT molecular complexity index is 712. The van der Waals surface area contributed by atoms with Crippen molar-refractivity contribution in [3.63, 3.8) is 0 Å². The Labute approximate surface area is 161 Å². The van der Waals surface area contributed by atoms with Crippen LogP contribution in [0.1, 0.15) is 15.0 Å². The zero-order valence-electron chi connectivity index (χ0n) is 12.6. The minimum Gasteiger partial charge on any atom is -0.484 e. The second-order valence-corrected chi connectivity index (χ2v) is 9.47. The molecular weight excluding hydrogens is 428 g/mol. The van der Waals surface area contributed by atoms with Gasteiger partial charge in [0.1, 0.15) is 5.75 Å². The number of hydrogen-bond acceptors (Lipinski definition) is 6. The largest absolute Gasteiger partial charge is 0.484 e. The van der Waals surface area contributed by atoms with Gasteiger partial charge in [-0.3, -0.25) is 4.79 Å². The van der Waals surface area contributed by atoms with Crippen molar-refractivity contribution in [2.45, 2.75) is 4.58 Å². The predicted octanol–water partition coefficient (Wildman–Crippen LogP) is 4.52. The van der Waals surface area contributed by atoms with Crippen LogP contribution < -0.4 is 10.2 Å². The quantitative estimate of drug-likeness (QED) is 0.527. The summed E-state index contributed by atoms with van der Waals surface area (Å²) >= 11 is 8.85. The first-order chi connectivity index (χ1) is 11.7. The number of nitrogens with one attached hydrogen (secondary N) is 1. The van der Waals surface area contributed by atoms with Gasteiger partial charge in [0.05, 0.1) is 10.8 Å². The van der Waals surface area contributed by atoms with Crippen molar-refractivity contribution >= 4 is 62.9 Å². The van der Waals surface area contributed by atoms with Gasteiger partial charge >= 0.3 is 0 Å². The summed E-state index contributed by atoms with van der Waals surface area (Å²) < 4.78 is 7.01. The van der Waals surface area contributed by atoms with Crippen LogP contribution in [0.3, 0.4) is 0 Å². The Hall–Kier alpha value is -0.960. The molecule has 0 radical (unpaired) electrons. The lowest BCUT2D eigenvalue weighted by atomic mass is 10.2. The fraction of sp³-hybridized carbons (Fsp3) is 0.250. The van der Waals surface area contributed by atoms with Gasteiger partial charge in [0.25, 0.3) is 5.91 Å². The second-order valence-electron chi connectivity index (χ2n) is 4.89. The lowest BCUT2D eigenvalue weighted by molar-refractivity contribution is -0.123. The molecule has 4 nitrogen and oxygen atoms in total. The van der Waals surface area contributed by atoms with Crippen molar-refractivity contribution in [3.8, 4) is 5.75 Å². The van der Waals surface area contributed by atoms with E-state index in [0.29, 0.717) is 10.3 Å². The number of carbonyl (C=O) groups excluding carboxylic acids is 1. The van der Waals surface area contributed by atoms with E-state index in [2.05, 4.69) is 38.6 Å². The van der Waals surface area contributed by atoms with Crippen molar-refractivity contribution < 1.29 is 9.53 Å². The first-order valence-electron chi connectivity index (χ1n) is 7.22. The molecule has 1 amide bonds. The molecule has 1 N–H and O–H groups in total. The number of thiophene rings is 1. The Morgan fingerprint density at radius 2 is 2.08 bits per heavy atom. The van der Waals surface area contributed by atoms with Crippen LogP contribution in [0, 0.1) is 0 Å². The van der Waals surface area contributed by atoms with Crippen molar-refractivity contribution in [2.75, 3.05) is 18.1 Å². The SMILES string of the molecule is O=C(COc1ccc(C2SCCS2)cc1)N/N=C\c1cc(Br)cs1. The van der Waals surface area contributed by atoms with E-state index in [0.717, 1.165) is 9.35 Å². The van der Waals surface area contributed by atoms with Crippen LogP contribution >= 0.6 is 50.8 Å². The number of thioether (sulfide) groups is 2. The Balaban J connectivity index is 1.43. The van der Waals surface area contributed by atoms with Gasteiger partial charge in [-0.25, -0.2) is 5.43 Å². The van der Waals surface area contributed by atoms with Crippen molar-refractivity contribution in [2.24, 2.45) is 5.10 Å². The number of amides is 1. The standard InChI is InChI=1S/C16H15BrN2O2S3/c17-12-7-14(24-10-12)8-18-19-15(20)9-21-13-3-1-11(2-4-13)16-22-5-6-23-16/h1-4,7-8,10,16H,5-6,9H2,(H,19,20)/b18-8-. The summed E-state index contributed by atoms with van der Waals surface area (Å²) in [7, 11) is 0. The fourth-order valence-electron chi connectivity index (χ4n) is 2.02. The van der Waals surface area contributed by atoms with E-state index in [-0.39, 0.29) is 12.5 Å². The second kappa shape index (κ2) is 8.94. The monoisotopic (exact) mass is 442 g/mol. The van der Waals surface area contributed by atoms with Crippen LogP contribution in [0.2, 0.25) is 0 Å². The number of carbonyl (C=O) groups is 1. The Morgan fingerprint density at radius 3 is 2.75 bits per heavy atom. The van der Waals surface area contributed by atoms with E-state index in [9.17, 15) is 4.79 Å². The molecule has 0 aliphatic carbocycles. The third-order valence-corrected chi connectivity index (χ3v) is 7.85. The highest BCUT2D eigenvalue weighted by Crippen LogP contribution is 2.45. The number of ether oxygens (including phenoxy) is 1. The summed E-state index contributed by atoms with van der Waals surface area (Å²) in [4.78, 5) is 12.7. The molecule has 1 fully saturated rings. The predicted molar refractivity (Wildman–Crippen MR) is 107 cm³/mol. The molecule has 2 heterocycles. The van der Waals surface area contributed by atoms with Gasteiger partial charge in [-0.15, -0.1) is 34.9 Å². The normalized spacial score (nSPS) is 15.0. The fourth-order valence-corrected chi connectivity index (χ4v) is 6.18. The summed E-state index contributed by atoms with van der Waals surface area (Å²) in [5, 5.41) is 5.87. The third-order valence-electron chi connectivity index (χ3n) is 3.11. The zero-order valence-corrected chi connectivity index (χ0v) is 16.6. The number of rotatable bonds is 6. The molecule has 0 spiro atoms. The van der Waals surface area contributed by atoms with Gasteiger partial charge in [0.2, 0.25) is 0 Å². The lowest BCUT2D eigenvalue weighted by Crippen LogP contribution is -2.24. The molecule has 1 aromatic heterocycles. The molecule has 2 aromatic rings. The highest BCUT2D eigenvalue weighted by Gasteiger charge is 2.17. The van der Waals surface area contributed by atoms with Crippen LogP contribution in [-0.2, 0) is 4.79 Å². The number of nitrogens with zero attached hydrogens (tertiary/aromatic N) is 1. The van der Waals surface area contributed by atoms with E-state index in [1.165, 1.54) is 17.1 Å². The van der Waals surface area contributed by atoms with E-state index in [4.69, 9.17) is 4.74 Å². The van der Waals surface area contributed by atoms with Gasteiger partial charge in [0.15, 0.2) is 6.61 Å². The molecule has 1 aliphatic heterocycles. The Kier molecular flexibility index (Phi) is 6.65. The maximum atomic E-state index is 11.7. The van der Waals surface area contributed by atoms with Crippen LogP contribution in [0.4, 0.5) is 0 Å². The molecule has 0 unspecified atom stereocenters. The van der Waals surface area contributed by atoms with E-state index < -0.39 is 0 Å². The number of hydrogen-bond donors (Lipinski definition) is 1. The molecule has 8 heteroatoms. The molecule has 126 valence electrons. The summed E-state index contributed by atoms with van der Waals surface area (Å²) in [6, 6.07) is 9.88. The van der Waals surface area contributed by atoms with Gasteiger partial charge in [0, 0.05) is 26.2 Å². The first kappa shape index (κ1) is 17.8. The first-order valence-corrected chi connectivity index (χ1v) is 11.0. The summed E-state index contributed by atoms with van der Waals surface area (Å²) in [5.41, 5.74) is 3.75. The zero-order chi connectivity index (χ0) is 16.8. The summed E-state index contributed by atoms with van der Waals surface area (Å²) in [6.45, 7) is -0.0578. The molecule has 24 heavy (non-hydrogen) atoms. The lowest BCUT2D eigenvalue weighted by Gasteiger charge is -2.09. The molecule has 1 saturated heterocycles. The molecule has 1 aromatic carbocycles. The van der Waals surface area contributed by atoms with E-state index in [1.807, 2.05) is 47.1 Å². The van der Waals surface area contributed by atoms with Gasteiger partial charge in [-0.1, -0.05) is 12.1 Å². The molecule has 0 atom stereocenters. The number of halogens is 1. The van der Waals surface area contributed by atoms with Crippen LogP contribution in [0.25, 0.3) is 0 Å². The van der Waals surface area contributed by atoms with Gasteiger partial charge < -0.3 is 4.74 Å². The molecule has 0 saturated carbocycles. The Morgan fingerprint density at radius 1 is 1.33 bits per heavy atom. The smallest absolute Gasteiger partial charge is 0.277 e. The van der Waals surface area contributed by atoms with E-state index in [1.54, 1.807) is 17.6 Å². The van der Waals surface area contributed by atoms with Crippen LogP contribution in [0.5, 0.6) is 5.75 Å². The van der Waals surface area contributed by atoms with Gasteiger partial charge in [-0.05, 0) is 39.7 Å². The third kappa shape index (κ3) is 5.27. The average Bonchev–Trinajstić information content (AvgIpc) is 3.25.